The third-order valence-corrected chi connectivity index (χ3v) is 6.88. The van der Waals surface area contributed by atoms with Gasteiger partial charge in [0, 0.05) is 16.5 Å². The van der Waals surface area contributed by atoms with Gasteiger partial charge in [0.25, 0.3) is 20.2 Å². The van der Waals surface area contributed by atoms with Crippen LogP contribution in [0.15, 0.2) is 103 Å². The van der Waals surface area contributed by atoms with Crippen LogP contribution in [0.3, 0.4) is 0 Å². The maximum absolute atomic E-state index is 11.8. The molecule has 11 nitrogen and oxygen atoms in total. The van der Waals surface area contributed by atoms with Gasteiger partial charge < -0.3 is 5.73 Å². The minimum atomic E-state index is -4.50. The monoisotopic (exact) mass is 525 g/mol. The van der Waals surface area contributed by atoms with E-state index in [4.69, 9.17) is 10.3 Å². The lowest BCUT2D eigenvalue weighted by atomic mass is 10.1. The lowest BCUT2D eigenvalue weighted by molar-refractivity contribution is 0.481. The normalized spacial score (nSPS) is 12.6. The van der Waals surface area contributed by atoms with E-state index >= 15 is 0 Å². The molecule has 13 heteroatoms. The van der Waals surface area contributed by atoms with E-state index in [2.05, 4.69) is 20.5 Å². The summed E-state index contributed by atoms with van der Waals surface area (Å²) in [6, 6.07) is 17.8. The van der Waals surface area contributed by atoms with Gasteiger partial charge in [-0.1, -0.05) is 18.2 Å². The molecule has 0 fully saturated rings. The first kappa shape index (κ1) is 25.1. The average Bonchev–Trinajstić information content (AvgIpc) is 2.82. The van der Waals surface area contributed by atoms with Crippen LogP contribution in [0.5, 0.6) is 0 Å². The van der Waals surface area contributed by atoms with Crippen molar-refractivity contribution in [2.75, 3.05) is 5.73 Å². The van der Waals surface area contributed by atoms with Crippen LogP contribution in [-0.4, -0.2) is 25.9 Å². The molecule has 0 atom stereocenters. The molecular weight excluding hydrogens is 506 g/mol. The second-order valence-electron chi connectivity index (χ2n) is 7.67. The SMILES string of the molecule is Cc1cc(N=Nc2ccc(N)c3c(S(=O)(=O)O)cccc23)ccc1N=Nc1cccc(S(=O)(=O)O)c1. The third-order valence-electron chi connectivity index (χ3n) is 5.13. The second kappa shape index (κ2) is 9.54. The van der Waals surface area contributed by atoms with Crippen molar-refractivity contribution in [3.05, 3.63) is 78.4 Å². The van der Waals surface area contributed by atoms with Crippen molar-refractivity contribution in [3.8, 4) is 0 Å². The van der Waals surface area contributed by atoms with Gasteiger partial charge in [-0.25, -0.2) is 0 Å². The highest BCUT2D eigenvalue weighted by molar-refractivity contribution is 7.86. The summed E-state index contributed by atoms with van der Waals surface area (Å²) in [6.07, 6.45) is 0. The summed E-state index contributed by atoms with van der Waals surface area (Å²) in [5.74, 6) is 0. The first-order valence-corrected chi connectivity index (χ1v) is 13.1. The molecule has 4 aromatic carbocycles. The van der Waals surface area contributed by atoms with Crippen LogP contribution in [0.2, 0.25) is 0 Å². The van der Waals surface area contributed by atoms with E-state index in [0.29, 0.717) is 28.0 Å². The molecule has 0 aliphatic heterocycles. The molecule has 0 aromatic heterocycles. The summed E-state index contributed by atoms with van der Waals surface area (Å²) in [5.41, 5.74) is 8.41. The Morgan fingerprint density at radius 2 is 1.33 bits per heavy atom. The van der Waals surface area contributed by atoms with E-state index < -0.39 is 20.2 Å². The predicted molar refractivity (Wildman–Crippen MR) is 134 cm³/mol. The van der Waals surface area contributed by atoms with Gasteiger partial charge in [0.1, 0.15) is 4.90 Å². The Labute approximate surface area is 206 Å². The van der Waals surface area contributed by atoms with Crippen molar-refractivity contribution in [1.82, 2.24) is 0 Å². The molecule has 36 heavy (non-hydrogen) atoms. The molecule has 4 aromatic rings. The fourth-order valence-electron chi connectivity index (χ4n) is 3.43. The maximum Gasteiger partial charge on any atom is 0.295 e. The highest BCUT2D eigenvalue weighted by Crippen LogP contribution is 2.36. The number of nitrogens with two attached hydrogens (primary N) is 1. The van der Waals surface area contributed by atoms with Gasteiger partial charge >= 0.3 is 0 Å². The van der Waals surface area contributed by atoms with Gasteiger partial charge in [0.15, 0.2) is 0 Å². The topological polar surface area (TPSA) is 184 Å². The maximum atomic E-state index is 11.8. The summed E-state index contributed by atoms with van der Waals surface area (Å²) in [5, 5.41) is 17.1. The number of anilines is 1. The second-order valence-corrected chi connectivity index (χ2v) is 10.5. The zero-order valence-electron chi connectivity index (χ0n) is 18.6. The highest BCUT2D eigenvalue weighted by atomic mass is 32.2. The van der Waals surface area contributed by atoms with E-state index in [1.807, 2.05) is 0 Å². The molecule has 4 rings (SSSR count). The summed E-state index contributed by atoms with van der Waals surface area (Å²) in [4.78, 5) is -0.604. The van der Waals surface area contributed by atoms with E-state index in [-0.39, 0.29) is 26.6 Å². The van der Waals surface area contributed by atoms with Crippen molar-refractivity contribution in [2.24, 2.45) is 20.5 Å². The average molecular weight is 526 g/mol. The highest BCUT2D eigenvalue weighted by Gasteiger charge is 2.17. The first-order valence-electron chi connectivity index (χ1n) is 10.2. The van der Waals surface area contributed by atoms with Gasteiger partial charge in [-0.15, -0.1) is 5.11 Å². The van der Waals surface area contributed by atoms with Crippen LogP contribution in [0, 0.1) is 6.92 Å². The molecule has 0 unspecified atom stereocenters. The molecule has 0 bridgehead atoms. The molecule has 4 N–H and O–H groups in total. The van der Waals surface area contributed by atoms with Gasteiger partial charge in [0.05, 0.1) is 27.6 Å². The van der Waals surface area contributed by atoms with E-state index in [1.54, 1.807) is 43.3 Å². The van der Waals surface area contributed by atoms with E-state index in [0.717, 1.165) is 0 Å². The Bertz CT molecular complexity index is 1770. The lowest BCUT2D eigenvalue weighted by Crippen LogP contribution is -2.01. The number of aryl methyl sites for hydroxylation is 1. The summed E-state index contributed by atoms with van der Waals surface area (Å²) in [6.45, 7) is 1.78. The molecule has 184 valence electrons. The Balaban J connectivity index is 1.63. The number of hydrogen-bond donors (Lipinski definition) is 3. The van der Waals surface area contributed by atoms with Crippen LogP contribution < -0.4 is 5.73 Å². The minimum absolute atomic E-state index is 0.154. The predicted octanol–water partition coefficient (Wildman–Crippen LogP) is 6.05. The number of hydrogen-bond acceptors (Lipinski definition) is 9. The summed E-state index contributed by atoms with van der Waals surface area (Å²) < 4.78 is 64.8. The van der Waals surface area contributed by atoms with Gasteiger partial charge in [-0.3, -0.25) is 9.11 Å². The van der Waals surface area contributed by atoms with Crippen molar-refractivity contribution in [1.29, 1.82) is 0 Å². The van der Waals surface area contributed by atoms with E-state index in [9.17, 15) is 21.4 Å². The largest absolute Gasteiger partial charge is 0.398 e. The number of azo groups is 2. The first-order chi connectivity index (χ1) is 16.9. The number of nitrogen functional groups attached to an aromatic ring is 1. The lowest BCUT2D eigenvalue weighted by Gasteiger charge is -2.08. The molecule has 0 aliphatic carbocycles. The van der Waals surface area contributed by atoms with Crippen molar-refractivity contribution in [2.45, 2.75) is 16.7 Å². The Hall–Kier alpha value is -4.04. The Morgan fingerprint density at radius 1 is 0.694 bits per heavy atom. The standard InChI is InChI=1S/C23H19N5O6S2/c1-14-12-16(8-10-20(14)27-25-15-4-2-5-17(13-15)35(29,30)31)26-28-21-11-9-19(24)23-18(21)6-3-7-22(23)36(32,33)34/h2-13H,24H2,1H3,(H,29,30,31)(H,32,33,34). The molecule has 0 aliphatic rings. The minimum Gasteiger partial charge on any atom is -0.398 e. The molecule has 0 saturated heterocycles. The number of fused-ring (bicyclic) bond motifs is 1. The van der Waals surface area contributed by atoms with Crippen LogP contribution in [0.4, 0.5) is 28.4 Å². The van der Waals surface area contributed by atoms with Crippen molar-refractivity contribution in [3.63, 3.8) is 0 Å². The molecule has 0 amide bonds. The van der Waals surface area contributed by atoms with Crippen LogP contribution in [0.1, 0.15) is 5.56 Å². The number of nitrogens with zero attached hydrogens (tertiary/aromatic N) is 4. The van der Waals surface area contributed by atoms with Crippen LogP contribution >= 0.6 is 0 Å². The summed E-state index contributed by atoms with van der Waals surface area (Å²) in [7, 11) is -8.85. The smallest absolute Gasteiger partial charge is 0.295 e. The molecule has 0 radical (unpaired) electrons. The quantitative estimate of drug-likeness (QED) is 0.155. The molecule has 0 spiro atoms. The van der Waals surface area contributed by atoms with Crippen LogP contribution in [0.25, 0.3) is 10.8 Å². The fraction of sp³-hybridized carbons (Fsp3) is 0.0435. The zero-order chi connectivity index (χ0) is 26.1. The van der Waals surface area contributed by atoms with Crippen molar-refractivity contribution >= 4 is 59.4 Å². The van der Waals surface area contributed by atoms with Gasteiger partial charge in [0.2, 0.25) is 0 Å². The fourth-order valence-corrected chi connectivity index (χ4v) is 4.69. The van der Waals surface area contributed by atoms with Crippen molar-refractivity contribution < 1.29 is 25.9 Å². The van der Waals surface area contributed by atoms with Gasteiger partial charge in [-0.2, -0.15) is 32.2 Å². The Kier molecular flexibility index (Phi) is 6.65. The molecule has 0 saturated carbocycles. The number of benzene rings is 4. The zero-order valence-corrected chi connectivity index (χ0v) is 20.3. The summed E-state index contributed by atoms with van der Waals surface area (Å²) >= 11 is 0. The third kappa shape index (κ3) is 5.44. The molecule has 0 heterocycles. The van der Waals surface area contributed by atoms with E-state index in [1.165, 1.54) is 36.4 Å². The van der Waals surface area contributed by atoms with Gasteiger partial charge in [-0.05, 0) is 67.1 Å². The number of rotatable bonds is 6. The molecular formula is C23H19N5O6S2. The Morgan fingerprint density at radius 3 is 2.00 bits per heavy atom. The van der Waals surface area contributed by atoms with Crippen LogP contribution in [-0.2, 0) is 20.2 Å².